The van der Waals surface area contributed by atoms with Crippen LogP contribution in [0.15, 0.2) is 18.2 Å². The van der Waals surface area contributed by atoms with Crippen LogP contribution in [0, 0.1) is 11.7 Å². The van der Waals surface area contributed by atoms with E-state index in [1.807, 2.05) is 0 Å². The third-order valence-corrected chi connectivity index (χ3v) is 5.05. The number of rotatable bonds is 5. The predicted molar refractivity (Wildman–Crippen MR) is 91.2 cm³/mol. The van der Waals surface area contributed by atoms with Gasteiger partial charge in [-0.3, -0.25) is 9.69 Å². The van der Waals surface area contributed by atoms with Gasteiger partial charge in [-0.05, 0) is 36.6 Å². The Morgan fingerprint density at radius 3 is 2.79 bits per heavy atom. The number of ether oxygens (including phenoxy) is 1. The molecule has 3 rings (SSSR count). The Balaban J connectivity index is 1.77. The van der Waals surface area contributed by atoms with E-state index < -0.39 is 42.7 Å². The lowest BCUT2D eigenvalue weighted by molar-refractivity contribution is -0.144. The highest BCUT2D eigenvalue weighted by molar-refractivity contribution is 6.30. The average molecular weight is 424 g/mol. The van der Waals surface area contributed by atoms with Crippen LogP contribution >= 0.6 is 11.6 Å². The van der Waals surface area contributed by atoms with E-state index >= 15 is 0 Å². The fraction of sp³-hybridized carbons (Fsp3) is 0.529. The van der Waals surface area contributed by atoms with Crippen LogP contribution in [0.5, 0.6) is 0 Å². The number of benzene rings is 1. The van der Waals surface area contributed by atoms with Gasteiger partial charge in [0.25, 0.3) is 5.91 Å². The molecule has 3 atom stereocenters. The van der Waals surface area contributed by atoms with Crippen molar-refractivity contribution >= 4 is 23.6 Å². The van der Waals surface area contributed by atoms with Gasteiger partial charge < -0.3 is 15.4 Å². The minimum absolute atomic E-state index is 0.00751. The summed E-state index contributed by atoms with van der Waals surface area (Å²) in [7, 11) is 0. The first kappa shape index (κ1) is 20.7. The number of cyclic esters (lactones) is 1. The minimum Gasteiger partial charge on any atom is -0.434 e. The van der Waals surface area contributed by atoms with Gasteiger partial charge in [-0.15, -0.1) is 0 Å². The lowest BCUT2D eigenvalue weighted by Crippen LogP contribution is -2.42. The molecule has 0 spiro atoms. The molecule has 154 valence electrons. The van der Waals surface area contributed by atoms with Gasteiger partial charge in [-0.2, -0.15) is 13.2 Å². The molecule has 0 saturated carbocycles. The second-order valence-corrected chi connectivity index (χ2v) is 7.24. The summed E-state index contributed by atoms with van der Waals surface area (Å²) in [6, 6.07) is 3.20. The molecule has 0 bridgehead atoms. The fourth-order valence-corrected chi connectivity index (χ4v) is 3.68. The highest BCUT2D eigenvalue weighted by Crippen LogP contribution is 2.33. The zero-order chi connectivity index (χ0) is 20.5. The molecule has 2 aliphatic heterocycles. The molecule has 28 heavy (non-hydrogen) atoms. The summed E-state index contributed by atoms with van der Waals surface area (Å²) in [6.45, 7) is -0.738. The topological polar surface area (TPSA) is 70.7 Å². The molecule has 11 heteroatoms. The Morgan fingerprint density at radius 2 is 2.18 bits per heavy atom. The van der Waals surface area contributed by atoms with Gasteiger partial charge >= 0.3 is 12.3 Å². The molecule has 0 aliphatic carbocycles. The molecule has 2 heterocycles. The molecule has 2 N–H and O–H groups in total. The van der Waals surface area contributed by atoms with Crippen molar-refractivity contribution in [3.63, 3.8) is 0 Å². The normalized spacial score (nSPS) is 24.0. The van der Waals surface area contributed by atoms with Crippen molar-refractivity contribution in [3.05, 3.63) is 34.6 Å². The SMILES string of the molecule is O=C1NC[C@@H](C(=O)NC(c2ccc(F)c(Cl)c2)C2CCN(CC(F)(F)F)C2)O1. The standard InChI is InChI=1S/C17H18ClF4N3O3/c18-11-5-9(1-2-12(11)19)14(24-15(26)13-6-23-16(27)28-13)10-3-4-25(7-10)8-17(20,21)22/h1-2,5,10,13-14H,3-4,6-8H2,(H,23,27)(H,24,26)/t10?,13-,14?/m0/s1. The summed E-state index contributed by atoms with van der Waals surface area (Å²) < 4.78 is 56.4. The molecule has 2 unspecified atom stereocenters. The van der Waals surface area contributed by atoms with Crippen molar-refractivity contribution in [2.24, 2.45) is 5.92 Å². The number of alkyl carbamates (subject to hydrolysis) is 1. The van der Waals surface area contributed by atoms with Crippen LogP contribution in [0.2, 0.25) is 5.02 Å². The number of nitrogens with one attached hydrogen (secondary N) is 2. The summed E-state index contributed by atoms with van der Waals surface area (Å²) in [6.07, 6.45) is -5.69. The van der Waals surface area contributed by atoms with Crippen LogP contribution in [-0.2, 0) is 9.53 Å². The Bertz CT molecular complexity index is 762. The smallest absolute Gasteiger partial charge is 0.408 e. The Morgan fingerprint density at radius 1 is 1.43 bits per heavy atom. The molecule has 2 aliphatic rings. The summed E-state index contributed by atoms with van der Waals surface area (Å²) in [5.41, 5.74) is 0.468. The van der Waals surface area contributed by atoms with Crippen LogP contribution in [-0.4, -0.2) is 55.4 Å². The number of carbonyl (C=O) groups is 2. The number of nitrogens with zero attached hydrogens (tertiary/aromatic N) is 1. The van der Waals surface area contributed by atoms with Gasteiger partial charge in [0.05, 0.1) is 24.2 Å². The quantitative estimate of drug-likeness (QED) is 0.714. The number of likely N-dealkylation sites (tertiary alicyclic amines) is 1. The van der Waals surface area contributed by atoms with Crippen molar-refractivity contribution < 1.29 is 31.9 Å². The zero-order valence-corrected chi connectivity index (χ0v) is 15.3. The molecular weight excluding hydrogens is 406 g/mol. The van der Waals surface area contributed by atoms with Crippen molar-refractivity contribution in [3.8, 4) is 0 Å². The van der Waals surface area contributed by atoms with Gasteiger partial charge in [0.15, 0.2) is 6.10 Å². The second kappa shape index (κ2) is 8.12. The lowest BCUT2D eigenvalue weighted by atomic mass is 9.92. The monoisotopic (exact) mass is 423 g/mol. The van der Waals surface area contributed by atoms with E-state index in [-0.39, 0.29) is 30.6 Å². The van der Waals surface area contributed by atoms with Gasteiger partial charge in [0, 0.05) is 6.54 Å². The van der Waals surface area contributed by atoms with E-state index in [9.17, 15) is 27.2 Å². The predicted octanol–water partition coefficient (Wildman–Crippen LogP) is 2.63. The lowest BCUT2D eigenvalue weighted by Gasteiger charge is -2.27. The van der Waals surface area contributed by atoms with Crippen molar-refractivity contribution in [1.29, 1.82) is 0 Å². The molecule has 0 radical (unpaired) electrons. The van der Waals surface area contributed by atoms with Crippen LogP contribution in [0.1, 0.15) is 18.0 Å². The highest BCUT2D eigenvalue weighted by Gasteiger charge is 2.39. The van der Waals surface area contributed by atoms with Gasteiger partial charge in [0.1, 0.15) is 5.82 Å². The molecule has 1 aromatic rings. The number of hydrogen-bond acceptors (Lipinski definition) is 4. The van der Waals surface area contributed by atoms with E-state index in [1.165, 1.54) is 17.0 Å². The van der Waals surface area contributed by atoms with E-state index in [0.717, 1.165) is 6.07 Å². The second-order valence-electron chi connectivity index (χ2n) is 6.83. The van der Waals surface area contributed by atoms with Gasteiger partial charge in [-0.25, -0.2) is 9.18 Å². The molecule has 1 aromatic carbocycles. The molecule has 2 saturated heterocycles. The van der Waals surface area contributed by atoms with E-state index in [2.05, 4.69) is 10.6 Å². The fourth-order valence-electron chi connectivity index (χ4n) is 3.49. The van der Waals surface area contributed by atoms with Gasteiger partial charge in [0.2, 0.25) is 0 Å². The van der Waals surface area contributed by atoms with Crippen molar-refractivity contribution in [2.75, 3.05) is 26.2 Å². The summed E-state index contributed by atoms with van der Waals surface area (Å²) in [5.74, 6) is -1.58. The maximum Gasteiger partial charge on any atom is 0.408 e. The summed E-state index contributed by atoms with van der Waals surface area (Å²) >= 11 is 5.84. The Labute approximate surface area is 163 Å². The molecule has 2 fully saturated rings. The van der Waals surface area contributed by atoms with Crippen LogP contribution in [0.4, 0.5) is 22.4 Å². The molecule has 2 amide bonds. The number of carbonyl (C=O) groups excluding carboxylic acids is 2. The summed E-state index contributed by atoms with van der Waals surface area (Å²) in [5, 5.41) is 4.92. The maximum atomic E-state index is 13.5. The van der Waals surface area contributed by atoms with E-state index in [1.54, 1.807) is 0 Å². The first-order valence-electron chi connectivity index (χ1n) is 8.61. The number of alkyl halides is 3. The van der Waals surface area contributed by atoms with Crippen LogP contribution in [0.25, 0.3) is 0 Å². The van der Waals surface area contributed by atoms with Gasteiger partial charge in [-0.1, -0.05) is 17.7 Å². The van der Waals surface area contributed by atoms with E-state index in [4.69, 9.17) is 16.3 Å². The van der Waals surface area contributed by atoms with Crippen molar-refractivity contribution in [2.45, 2.75) is 24.7 Å². The average Bonchev–Trinajstić information content (AvgIpc) is 3.23. The molecular formula is C17H18ClF4N3O3. The highest BCUT2D eigenvalue weighted by atomic mass is 35.5. The maximum absolute atomic E-state index is 13.5. The largest absolute Gasteiger partial charge is 0.434 e. The Kier molecular flexibility index (Phi) is 5.99. The third kappa shape index (κ3) is 5.05. The van der Waals surface area contributed by atoms with Crippen LogP contribution < -0.4 is 10.6 Å². The molecule has 0 aromatic heterocycles. The Hall–Kier alpha value is -2.07. The minimum atomic E-state index is -4.32. The zero-order valence-electron chi connectivity index (χ0n) is 14.6. The van der Waals surface area contributed by atoms with E-state index in [0.29, 0.717) is 12.0 Å². The van der Waals surface area contributed by atoms with Crippen molar-refractivity contribution in [1.82, 2.24) is 15.5 Å². The first-order chi connectivity index (χ1) is 13.1. The third-order valence-electron chi connectivity index (χ3n) is 4.76. The number of halogens is 5. The number of amides is 2. The number of hydrogen-bond donors (Lipinski definition) is 2. The first-order valence-corrected chi connectivity index (χ1v) is 8.99. The summed E-state index contributed by atoms with van der Waals surface area (Å²) in [4.78, 5) is 24.9. The van der Waals surface area contributed by atoms with Crippen LogP contribution in [0.3, 0.4) is 0 Å². The molecule has 6 nitrogen and oxygen atoms in total.